The molecule has 8 heteroatoms. The molecule has 0 unspecified atom stereocenters. The SMILES string of the molecule is Cc1ccc(C(=O)NS(=O)(=O)c2cn(C)nc2C)c(C)n1. The average Bonchev–Trinajstić information content (AvgIpc) is 2.68. The summed E-state index contributed by atoms with van der Waals surface area (Å²) in [5.41, 5.74) is 1.79. The van der Waals surface area contributed by atoms with Crippen molar-refractivity contribution in [2.75, 3.05) is 0 Å². The highest BCUT2D eigenvalue weighted by molar-refractivity contribution is 7.90. The second kappa shape index (κ2) is 5.28. The highest BCUT2D eigenvalue weighted by atomic mass is 32.2. The monoisotopic (exact) mass is 308 g/mol. The molecule has 2 aromatic heterocycles. The summed E-state index contributed by atoms with van der Waals surface area (Å²) in [6.07, 6.45) is 1.35. The molecule has 0 aliphatic carbocycles. The predicted molar refractivity (Wildman–Crippen MR) is 76.3 cm³/mol. The maximum Gasteiger partial charge on any atom is 0.267 e. The molecule has 0 spiro atoms. The Kier molecular flexibility index (Phi) is 3.82. The van der Waals surface area contributed by atoms with Gasteiger partial charge in [0.05, 0.1) is 17.0 Å². The number of carbonyl (C=O) groups excluding carboxylic acids is 1. The van der Waals surface area contributed by atoms with Crippen LogP contribution in [0.5, 0.6) is 0 Å². The normalized spacial score (nSPS) is 11.4. The summed E-state index contributed by atoms with van der Waals surface area (Å²) in [5, 5.41) is 3.96. The molecule has 0 saturated carbocycles. The van der Waals surface area contributed by atoms with Crippen molar-refractivity contribution in [2.24, 2.45) is 7.05 Å². The summed E-state index contributed by atoms with van der Waals surface area (Å²) in [5.74, 6) is -0.705. The third kappa shape index (κ3) is 3.10. The van der Waals surface area contributed by atoms with E-state index in [0.29, 0.717) is 11.4 Å². The van der Waals surface area contributed by atoms with Crippen LogP contribution in [-0.2, 0) is 17.1 Å². The zero-order valence-corrected chi connectivity index (χ0v) is 13.0. The molecule has 7 nitrogen and oxygen atoms in total. The van der Waals surface area contributed by atoms with Crippen LogP contribution in [0.25, 0.3) is 0 Å². The average molecular weight is 308 g/mol. The Bertz CT molecular complexity index is 809. The number of carbonyl (C=O) groups is 1. The second-order valence-electron chi connectivity index (χ2n) is 4.77. The zero-order chi connectivity index (χ0) is 15.8. The van der Waals surface area contributed by atoms with Crippen molar-refractivity contribution in [3.05, 3.63) is 41.0 Å². The van der Waals surface area contributed by atoms with E-state index in [9.17, 15) is 13.2 Å². The molecular formula is C13H16N4O3S. The fourth-order valence-corrected chi connectivity index (χ4v) is 3.19. The van der Waals surface area contributed by atoms with Gasteiger partial charge < -0.3 is 0 Å². The molecule has 2 heterocycles. The topological polar surface area (TPSA) is 94.0 Å². The number of pyridine rings is 1. The summed E-state index contributed by atoms with van der Waals surface area (Å²) in [6.45, 7) is 5.02. The fraction of sp³-hybridized carbons (Fsp3) is 0.308. The van der Waals surface area contributed by atoms with Gasteiger partial charge >= 0.3 is 0 Å². The number of aromatic nitrogens is 3. The first-order valence-electron chi connectivity index (χ1n) is 6.22. The van der Waals surface area contributed by atoms with Crippen LogP contribution in [-0.4, -0.2) is 29.1 Å². The number of hydrogen-bond donors (Lipinski definition) is 1. The largest absolute Gasteiger partial charge is 0.274 e. The number of aryl methyl sites for hydroxylation is 4. The minimum atomic E-state index is -3.96. The first-order chi connectivity index (χ1) is 9.70. The van der Waals surface area contributed by atoms with Crippen molar-refractivity contribution >= 4 is 15.9 Å². The Hall–Kier alpha value is -2.22. The molecule has 0 aliphatic rings. The van der Waals surface area contributed by atoms with E-state index in [0.717, 1.165) is 5.69 Å². The Morgan fingerprint density at radius 3 is 2.38 bits per heavy atom. The molecule has 0 fully saturated rings. The first-order valence-corrected chi connectivity index (χ1v) is 7.70. The Balaban J connectivity index is 2.32. The number of amides is 1. The number of hydrogen-bond acceptors (Lipinski definition) is 5. The van der Waals surface area contributed by atoms with Gasteiger partial charge in [-0.25, -0.2) is 13.1 Å². The van der Waals surface area contributed by atoms with E-state index >= 15 is 0 Å². The molecule has 0 bridgehead atoms. The minimum Gasteiger partial charge on any atom is -0.274 e. The second-order valence-corrected chi connectivity index (χ2v) is 6.42. The quantitative estimate of drug-likeness (QED) is 0.907. The van der Waals surface area contributed by atoms with Crippen molar-refractivity contribution < 1.29 is 13.2 Å². The highest BCUT2D eigenvalue weighted by Gasteiger charge is 2.23. The molecule has 0 atom stereocenters. The third-order valence-electron chi connectivity index (χ3n) is 2.95. The van der Waals surface area contributed by atoms with Crippen LogP contribution in [0.4, 0.5) is 0 Å². The van der Waals surface area contributed by atoms with Gasteiger partial charge in [0.25, 0.3) is 15.9 Å². The van der Waals surface area contributed by atoms with Gasteiger partial charge in [-0.1, -0.05) is 0 Å². The first kappa shape index (κ1) is 15.2. The van der Waals surface area contributed by atoms with Crippen molar-refractivity contribution in [3.63, 3.8) is 0 Å². The summed E-state index contributed by atoms with van der Waals surface area (Å²) in [4.78, 5) is 16.3. The van der Waals surface area contributed by atoms with E-state index in [1.165, 1.54) is 10.9 Å². The number of rotatable bonds is 3. The van der Waals surface area contributed by atoms with E-state index in [2.05, 4.69) is 10.1 Å². The van der Waals surface area contributed by atoms with Crippen LogP contribution in [0.2, 0.25) is 0 Å². The van der Waals surface area contributed by atoms with Gasteiger partial charge in [0, 0.05) is 18.9 Å². The van der Waals surface area contributed by atoms with Gasteiger partial charge in [0.15, 0.2) is 0 Å². The minimum absolute atomic E-state index is 0.0175. The lowest BCUT2D eigenvalue weighted by atomic mass is 10.2. The molecule has 0 aliphatic heterocycles. The van der Waals surface area contributed by atoms with E-state index in [1.807, 2.05) is 4.72 Å². The molecule has 0 radical (unpaired) electrons. The molecule has 112 valence electrons. The lowest BCUT2D eigenvalue weighted by Gasteiger charge is -2.08. The Labute approximate surface area is 123 Å². The maximum atomic E-state index is 12.2. The Morgan fingerprint density at radius 2 is 1.86 bits per heavy atom. The van der Waals surface area contributed by atoms with E-state index in [4.69, 9.17) is 0 Å². The summed E-state index contributed by atoms with van der Waals surface area (Å²) in [7, 11) is -2.34. The molecule has 0 saturated heterocycles. The van der Waals surface area contributed by atoms with Crippen molar-refractivity contribution in [1.82, 2.24) is 19.5 Å². The van der Waals surface area contributed by atoms with Crippen molar-refractivity contribution in [3.8, 4) is 0 Å². The number of nitrogens with one attached hydrogen (secondary N) is 1. The molecule has 2 aromatic rings. The van der Waals surface area contributed by atoms with Crippen molar-refractivity contribution in [2.45, 2.75) is 25.7 Å². The van der Waals surface area contributed by atoms with Crippen LogP contribution in [0, 0.1) is 20.8 Å². The fourth-order valence-electron chi connectivity index (χ4n) is 2.00. The van der Waals surface area contributed by atoms with Crippen LogP contribution in [0.15, 0.2) is 23.2 Å². The van der Waals surface area contributed by atoms with E-state index in [-0.39, 0.29) is 10.5 Å². The van der Waals surface area contributed by atoms with Gasteiger partial charge in [-0.3, -0.25) is 14.5 Å². The Morgan fingerprint density at radius 1 is 1.19 bits per heavy atom. The molecular weight excluding hydrogens is 292 g/mol. The van der Waals surface area contributed by atoms with Crippen LogP contribution >= 0.6 is 0 Å². The molecule has 0 aromatic carbocycles. The highest BCUT2D eigenvalue weighted by Crippen LogP contribution is 2.14. The number of nitrogens with zero attached hydrogens (tertiary/aromatic N) is 3. The van der Waals surface area contributed by atoms with Gasteiger partial charge in [0.2, 0.25) is 0 Å². The summed E-state index contributed by atoms with van der Waals surface area (Å²) >= 11 is 0. The standard InChI is InChI=1S/C13H16N4O3S/c1-8-5-6-11(9(2)14-8)13(18)16-21(19,20)12-7-17(4)15-10(12)3/h5-7H,1-4H3,(H,16,18). The smallest absolute Gasteiger partial charge is 0.267 e. The molecule has 1 amide bonds. The van der Waals surface area contributed by atoms with Crippen LogP contribution < -0.4 is 4.72 Å². The van der Waals surface area contributed by atoms with Crippen molar-refractivity contribution in [1.29, 1.82) is 0 Å². The van der Waals surface area contributed by atoms with Crippen LogP contribution in [0.3, 0.4) is 0 Å². The zero-order valence-electron chi connectivity index (χ0n) is 12.2. The molecule has 2 rings (SSSR count). The van der Waals surface area contributed by atoms with Crippen LogP contribution in [0.1, 0.15) is 27.4 Å². The summed E-state index contributed by atoms with van der Waals surface area (Å²) < 4.78 is 27.9. The third-order valence-corrected chi connectivity index (χ3v) is 4.39. The number of sulfonamides is 1. The summed E-state index contributed by atoms with van der Waals surface area (Å²) in [6, 6.07) is 3.21. The lowest BCUT2D eigenvalue weighted by molar-refractivity contribution is 0.0980. The predicted octanol–water partition coefficient (Wildman–Crippen LogP) is 0.859. The van der Waals surface area contributed by atoms with Gasteiger partial charge in [-0.15, -0.1) is 0 Å². The van der Waals surface area contributed by atoms with E-state index < -0.39 is 15.9 Å². The lowest BCUT2D eigenvalue weighted by Crippen LogP contribution is -2.31. The molecule has 1 N–H and O–H groups in total. The van der Waals surface area contributed by atoms with Gasteiger partial charge in [-0.2, -0.15) is 5.10 Å². The van der Waals surface area contributed by atoms with Gasteiger partial charge in [0.1, 0.15) is 4.90 Å². The van der Waals surface area contributed by atoms with E-state index in [1.54, 1.807) is 40.0 Å². The molecule has 21 heavy (non-hydrogen) atoms. The maximum absolute atomic E-state index is 12.2. The van der Waals surface area contributed by atoms with Gasteiger partial charge in [-0.05, 0) is 32.9 Å².